The first-order valence-corrected chi connectivity index (χ1v) is 10.5. The highest BCUT2D eigenvalue weighted by Crippen LogP contribution is 2.36. The lowest BCUT2D eigenvalue weighted by Crippen LogP contribution is -2.48. The highest BCUT2D eigenvalue weighted by atomic mass is 35.5. The van der Waals surface area contributed by atoms with Gasteiger partial charge >= 0.3 is 0 Å². The summed E-state index contributed by atoms with van der Waals surface area (Å²) in [4.78, 5) is 34.1. The fourth-order valence-corrected chi connectivity index (χ4v) is 4.46. The summed E-state index contributed by atoms with van der Waals surface area (Å²) in [5.41, 5.74) is 1.14. The van der Waals surface area contributed by atoms with Crippen LogP contribution >= 0.6 is 11.6 Å². The molecule has 1 saturated carbocycles. The Morgan fingerprint density at radius 2 is 1.80 bits per heavy atom. The molecular formula is C21H30ClN3O5. The molecule has 0 unspecified atom stereocenters. The zero-order chi connectivity index (χ0) is 22.1. The van der Waals surface area contributed by atoms with Gasteiger partial charge in [0.15, 0.2) is 0 Å². The average molecular weight is 440 g/mol. The van der Waals surface area contributed by atoms with E-state index in [9.17, 15) is 14.7 Å². The lowest BCUT2D eigenvalue weighted by atomic mass is 9.77. The van der Waals surface area contributed by atoms with Crippen LogP contribution in [0.1, 0.15) is 25.3 Å². The Morgan fingerprint density at radius 3 is 2.40 bits per heavy atom. The second-order valence-corrected chi connectivity index (χ2v) is 8.33. The highest BCUT2D eigenvalue weighted by Gasteiger charge is 2.42. The Kier molecular flexibility index (Phi) is 9.55. The van der Waals surface area contributed by atoms with Crippen molar-refractivity contribution in [2.45, 2.75) is 38.3 Å². The van der Waals surface area contributed by atoms with E-state index in [4.69, 9.17) is 21.5 Å². The van der Waals surface area contributed by atoms with E-state index in [0.717, 1.165) is 31.5 Å². The summed E-state index contributed by atoms with van der Waals surface area (Å²) < 4.78 is 0. The van der Waals surface area contributed by atoms with E-state index in [2.05, 4.69) is 15.5 Å². The van der Waals surface area contributed by atoms with Gasteiger partial charge in [0.25, 0.3) is 6.47 Å². The second kappa shape index (κ2) is 11.9. The zero-order valence-electron chi connectivity index (χ0n) is 17.1. The van der Waals surface area contributed by atoms with Crippen LogP contribution in [-0.2, 0) is 20.8 Å². The third-order valence-corrected chi connectivity index (χ3v) is 5.87. The SMILES string of the molecule is CC(=O)N[C@@H]1C[C@@H]2CN(CC(=O)NCCc3ccc(Cl)cc3)C[C@@H]2C[C@H]1O.O=CO. The quantitative estimate of drug-likeness (QED) is 0.489. The molecule has 1 aromatic carbocycles. The summed E-state index contributed by atoms with van der Waals surface area (Å²) >= 11 is 5.87. The van der Waals surface area contributed by atoms with Crippen LogP contribution in [0.15, 0.2) is 24.3 Å². The lowest BCUT2D eigenvalue weighted by Gasteiger charge is -2.35. The number of aliphatic hydroxyl groups excluding tert-OH is 1. The third-order valence-electron chi connectivity index (χ3n) is 5.62. The molecule has 0 spiro atoms. The number of likely N-dealkylation sites (tertiary alicyclic amines) is 1. The molecule has 2 fully saturated rings. The van der Waals surface area contributed by atoms with Gasteiger partial charge in [0.05, 0.1) is 18.7 Å². The van der Waals surface area contributed by atoms with E-state index in [1.165, 1.54) is 6.92 Å². The number of benzene rings is 1. The van der Waals surface area contributed by atoms with Gasteiger partial charge < -0.3 is 20.8 Å². The smallest absolute Gasteiger partial charge is 0.290 e. The monoisotopic (exact) mass is 439 g/mol. The van der Waals surface area contributed by atoms with Gasteiger partial charge in [0.2, 0.25) is 11.8 Å². The minimum Gasteiger partial charge on any atom is -0.483 e. The van der Waals surface area contributed by atoms with E-state index in [1.807, 2.05) is 24.3 Å². The molecule has 30 heavy (non-hydrogen) atoms. The molecule has 0 bridgehead atoms. The summed E-state index contributed by atoms with van der Waals surface area (Å²) in [6, 6.07) is 7.48. The Balaban J connectivity index is 0.00000101. The third kappa shape index (κ3) is 7.59. The lowest BCUT2D eigenvalue weighted by molar-refractivity contribution is -0.123. The molecule has 0 radical (unpaired) electrons. The van der Waals surface area contributed by atoms with Crippen LogP contribution in [0.2, 0.25) is 5.02 Å². The normalized spacial score (nSPS) is 25.4. The Bertz CT molecular complexity index is 715. The van der Waals surface area contributed by atoms with Crippen LogP contribution in [-0.4, -0.2) is 71.7 Å². The summed E-state index contributed by atoms with van der Waals surface area (Å²) in [5.74, 6) is 0.744. The van der Waals surface area contributed by atoms with Crippen molar-refractivity contribution in [1.82, 2.24) is 15.5 Å². The molecule has 8 nitrogen and oxygen atoms in total. The molecule has 0 aromatic heterocycles. The number of carbonyl (C=O) groups is 3. The maximum atomic E-state index is 12.2. The van der Waals surface area contributed by atoms with Crippen molar-refractivity contribution in [1.29, 1.82) is 0 Å². The second-order valence-electron chi connectivity index (χ2n) is 7.89. The molecule has 9 heteroatoms. The molecule has 3 rings (SSSR count). The highest BCUT2D eigenvalue weighted by molar-refractivity contribution is 6.30. The van der Waals surface area contributed by atoms with Crippen molar-refractivity contribution in [2.24, 2.45) is 11.8 Å². The Hall–Kier alpha value is -2.16. The molecule has 1 aromatic rings. The summed E-state index contributed by atoms with van der Waals surface area (Å²) in [7, 11) is 0. The summed E-state index contributed by atoms with van der Waals surface area (Å²) in [6.45, 7) is 3.89. The minimum absolute atomic E-state index is 0.0292. The number of aliphatic hydroxyl groups is 1. The summed E-state index contributed by atoms with van der Waals surface area (Å²) in [5, 5.41) is 23.7. The molecule has 2 amide bonds. The molecule has 1 aliphatic carbocycles. The summed E-state index contributed by atoms with van der Waals surface area (Å²) in [6.07, 6.45) is 1.74. The number of fused-ring (bicyclic) bond motifs is 1. The first-order valence-electron chi connectivity index (χ1n) is 10.1. The molecular weight excluding hydrogens is 410 g/mol. The number of hydrogen-bond acceptors (Lipinski definition) is 5. The van der Waals surface area contributed by atoms with Gasteiger partial charge in [-0.25, -0.2) is 0 Å². The van der Waals surface area contributed by atoms with Gasteiger partial charge in [-0.05, 0) is 48.8 Å². The Labute approximate surface area is 181 Å². The van der Waals surface area contributed by atoms with Crippen molar-refractivity contribution >= 4 is 29.9 Å². The number of rotatable bonds is 6. The van der Waals surface area contributed by atoms with Crippen molar-refractivity contribution in [3.8, 4) is 0 Å². The molecule has 2 aliphatic rings. The van der Waals surface area contributed by atoms with Crippen molar-refractivity contribution in [3.05, 3.63) is 34.9 Å². The number of amides is 2. The first-order chi connectivity index (χ1) is 14.3. The van der Waals surface area contributed by atoms with Crippen molar-refractivity contribution in [2.75, 3.05) is 26.2 Å². The van der Waals surface area contributed by atoms with E-state index >= 15 is 0 Å². The van der Waals surface area contributed by atoms with Gasteiger partial charge in [0, 0.05) is 31.6 Å². The number of carbonyl (C=O) groups excluding carboxylic acids is 2. The topological polar surface area (TPSA) is 119 Å². The van der Waals surface area contributed by atoms with Crippen LogP contribution in [0, 0.1) is 11.8 Å². The molecule has 1 saturated heterocycles. The fourth-order valence-electron chi connectivity index (χ4n) is 4.33. The van der Waals surface area contributed by atoms with Crippen LogP contribution in [0.25, 0.3) is 0 Å². The van der Waals surface area contributed by atoms with Crippen molar-refractivity contribution in [3.63, 3.8) is 0 Å². The molecule has 4 atom stereocenters. The number of nitrogens with zero attached hydrogens (tertiary/aromatic N) is 1. The Morgan fingerprint density at radius 1 is 1.20 bits per heavy atom. The van der Waals surface area contributed by atoms with Gasteiger partial charge in [-0.3, -0.25) is 19.3 Å². The molecule has 1 aliphatic heterocycles. The largest absolute Gasteiger partial charge is 0.483 e. The van der Waals surface area contributed by atoms with Gasteiger partial charge in [-0.1, -0.05) is 23.7 Å². The predicted octanol–water partition coefficient (Wildman–Crippen LogP) is 0.907. The fraction of sp³-hybridized carbons (Fsp3) is 0.571. The van der Waals surface area contributed by atoms with Crippen LogP contribution in [0.5, 0.6) is 0 Å². The number of hydrogen-bond donors (Lipinski definition) is 4. The maximum Gasteiger partial charge on any atom is 0.290 e. The molecule has 4 N–H and O–H groups in total. The first kappa shape index (κ1) is 24.1. The van der Waals surface area contributed by atoms with Gasteiger partial charge in [0.1, 0.15) is 0 Å². The van der Waals surface area contributed by atoms with Crippen molar-refractivity contribution < 1.29 is 24.6 Å². The van der Waals surface area contributed by atoms with Gasteiger partial charge in [-0.2, -0.15) is 0 Å². The van der Waals surface area contributed by atoms with E-state index in [1.54, 1.807) is 0 Å². The average Bonchev–Trinajstić information content (AvgIpc) is 3.04. The van der Waals surface area contributed by atoms with E-state index in [0.29, 0.717) is 36.4 Å². The number of nitrogens with one attached hydrogen (secondary N) is 2. The van der Waals surface area contributed by atoms with E-state index < -0.39 is 6.10 Å². The maximum absolute atomic E-state index is 12.2. The number of halogens is 1. The molecule has 166 valence electrons. The predicted molar refractivity (Wildman–Crippen MR) is 113 cm³/mol. The zero-order valence-corrected chi connectivity index (χ0v) is 17.8. The minimum atomic E-state index is -0.497. The van der Waals surface area contributed by atoms with E-state index in [-0.39, 0.29) is 24.3 Å². The van der Waals surface area contributed by atoms with Gasteiger partial charge in [-0.15, -0.1) is 0 Å². The number of carboxylic acid groups (broad SMARTS) is 1. The standard InChI is InChI=1S/C20H28ClN3O3.CH2O2/c1-13(25)23-18-8-15-10-24(11-16(15)9-19(18)26)12-20(27)22-7-6-14-2-4-17(21)5-3-14;2-1-3/h2-5,15-16,18-19,26H,6-12H2,1H3,(H,22,27)(H,23,25);1H,(H,2,3)/t15-,16+,18-,19-;/m1./s1. The van der Waals surface area contributed by atoms with Crippen LogP contribution < -0.4 is 10.6 Å². The van der Waals surface area contributed by atoms with Crippen LogP contribution in [0.4, 0.5) is 0 Å². The molecule has 1 heterocycles. The van der Waals surface area contributed by atoms with Crippen LogP contribution in [0.3, 0.4) is 0 Å².